The Morgan fingerprint density at radius 1 is 1.15 bits per heavy atom. The Labute approximate surface area is 175 Å². The minimum absolute atomic E-state index is 0.111. The molecule has 3 rings (SSSR count). The molecule has 6 nitrogen and oxygen atoms in total. The van der Waals surface area contributed by atoms with Gasteiger partial charge in [0.05, 0.1) is 27.7 Å². The van der Waals surface area contributed by atoms with Crippen molar-refractivity contribution in [2.45, 2.75) is 25.3 Å². The SMILES string of the molecule is N[C@@H](CCCCN1CCN(c2c(Cl)cncc2Cl)CC1)C(=O)N1CCSC1. The Morgan fingerprint density at radius 2 is 1.85 bits per heavy atom. The number of piperazine rings is 1. The van der Waals surface area contributed by atoms with E-state index in [0.29, 0.717) is 10.0 Å². The van der Waals surface area contributed by atoms with Crippen LogP contribution in [0, 0.1) is 0 Å². The molecule has 2 saturated heterocycles. The highest BCUT2D eigenvalue weighted by Crippen LogP contribution is 2.33. The number of hydrogen-bond donors (Lipinski definition) is 1. The van der Waals surface area contributed by atoms with Gasteiger partial charge in [-0.2, -0.15) is 0 Å². The Bertz CT molecular complexity index is 616. The first-order valence-electron chi connectivity index (χ1n) is 9.44. The van der Waals surface area contributed by atoms with Crippen LogP contribution in [0.5, 0.6) is 0 Å². The maximum atomic E-state index is 12.2. The zero-order valence-corrected chi connectivity index (χ0v) is 17.8. The number of carbonyl (C=O) groups excluding carboxylic acids is 1. The standard InChI is InChI=1S/C18H27Cl2N5OS/c19-14-11-22-12-15(20)17(14)24-7-5-23(6-8-24)4-2-1-3-16(21)18(26)25-9-10-27-13-25/h11-12,16H,1-10,13,21H2/t16-/m0/s1. The van der Waals surface area contributed by atoms with E-state index in [9.17, 15) is 4.79 Å². The molecular weight excluding hydrogens is 405 g/mol. The summed E-state index contributed by atoms with van der Waals surface area (Å²) < 4.78 is 0. The average molecular weight is 432 g/mol. The van der Waals surface area contributed by atoms with Gasteiger partial charge < -0.3 is 15.5 Å². The molecule has 0 aromatic carbocycles. The molecule has 0 saturated carbocycles. The first-order chi connectivity index (χ1) is 13.1. The largest absolute Gasteiger partial charge is 0.366 e. The molecule has 2 aliphatic heterocycles. The molecule has 0 unspecified atom stereocenters. The van der Waals surface area contributed by atoms with Gasteiger partial charge >= 0.3 is 0 Å². The minimum Gasteiger partial charge on any atom is -0.366 e. The van der Waals surface area contributed by atoms with Crippen LogP contribution in [-0.2, 0) is 4.79 Å². The van der Waals surface area contributed by atoms with Crippen molar-refractivity contribution in [3.8, 4) is 0 Å². The monoisotopic (exact) mass is 431 g/mol. The summed E-state index contributed by atoms with van der Waals surface area (Å²) in [6.07, 6.45) is 6.09. The molecule has 27 heavy (non-hydrogen) atoms. The molecule has 2 aliphatic rings. The third kappa shape index (κ3) is 5.64. The van der Waals surface area contributed by atoms with Crippen molar-refractivity contribution in [2.24, 2.45) is 5.73 Å². The Balaban J connectivity index is 1.34. The molecule has 1 aromatic rings. The van der Waals surface area contributed by atoms with Crippen LogP contribution in [0.4, 0.5) is 5.69 Å². The minimum atomic E-state index is -0.350. The summed E-state index contributed by atoms with van der Waals surface area (Å²) in [6, 6.07) is -0.350. The topological polar surface area (TPSA) is 65.7 Å². The first kappa shape index (κ1) is 21.0. The van der Waals surface area contributed by atoms with E-state index in [-0.39, 0.29) is 11.9 Å². The zero-order chi connectivity index (χ0) is 19.2. The van der Waals surface area contributed by atoms with Gasteiger partial charge in [-0.15, -0.1) is 11.8 Å². The molecule has 1 atom stereocenters. The van der Waals surface area contributed by atoms with E-state index in [2.05, 4.69) is 14.8 Å². The second-order valence-corrected chi connectivity index (χ2v) is 8.91. The Hall–Kier alpha value is -0.730. The normalized spacial score (nSPS) is 19.5. The molecule has 0 spiro atoms. The molecule has 0 radical (unpaired) electrons. The molecule has 9 heteroatoms. The number of hydrogen-bond acceptors (Lipinski definition) is 6. The second-order valence-electron chi connectivity index (χ2n) is 7.02. The van der Waals surface area contributed by atoms with Gasteiger partial charge in [0.2, 0.25) is 5.91 Å². The number of pyridine rings is 1. The molecule has 150 valence electrons. The summed E-state index contributed by atoms with van der Waals surface area (Å²) >= 11 is 14.3. The summed E-state index contributed by atoms with van der Waals surface area (Å²) in [5.41, 5.74) is 6.96. The number of nitrogens with zero attached hydrogens (tertiary/aromatic N) is 4. The van der Waals surface area contributed by atoms with Gasteiger partial charge in [-0.05, 0) is 19.4 Å². The number of halogens is 2. The molecule has 3 heterocycles. The Morgan fingerprint density at radius 3 is 2.48 bits per heavy atom. The van der Waals surface area contributed by atoms with Crippen LogP contribution in [-0.4, -0.2) is 77.6 Å². The lowest BCUT2D eigenvalue weighted by Crippen LogP contribution is -2.47. The number of unbranched alkanes of at least 4 members (excludes halogenated alkanes) is 1. The highest BCUT2D eigenvalue weighted by atomic mass is 35.5. The number of rotatable bonds is 7. The third-order valence-corrected chi connectivity index (χ3v) is 6.66. The van der Waals surface area contributed by atoms with Crippen LogP contribution in [0.1, 0.15) is 19.3 Å². The highest BCUT2D eigenvalue weighted by Gasteiger charge is 2.24. The van der Waals surface area contributed by atoms with E-state index in [4.69, 9.17) is 28.9 Å². The second kappa shape index (κ2) is 10.2. The predicted molar refractivity (Wildman–Crippen MR) is 114 cm³/mol. The maximum Gasteiger partial charge on any atom is 0.240 e. The number of anilines is 1. The molecule has 1 amide bonds. The lowest BCUT2D eigenvalue weighted by atomic mass is 10.1. The van der Waals surface area contributed by atoms with E-state index in [1.54, 1.807) is 24.2 Å². The predicted octanol–water partition coefficient (Wildman–Crippen LogP) is 2.54. The van der Waals surface area contributed by atoms with Gasteiger partial charge in [-0.3, -0.25) is 14.7 Å². The van der Waals surface area contributed by atoms with Crippen molar-refractivity contribution in [1.82, 2.24) is 14.8 Å². The van der Waals surface area contributed by atoms with Gasteiger partial charge in [0.15, 0.2) is 0 Å². The van der Waals surface area contributed by atoms with E-state index >= 15 is 0 Å². The molecule has 1 aromatic heterocycles. The van der Waals surface area contributed by atoms with Gasteiger partial charge in [0.25, 0.3) is 0 Å². The number of amides is 1. The summed E-state index contributed by atoms with van der Waals surface area (Å²) in [7, 11) is 0. The molecular formula is C18H27Cl2N5OS. The number of nitrogens with two attached hydrogens (primary N) is 1. The molecule has 0 aliphatic carbocycles. The van der Waals surface area contributed by atoms with E-state index in [1.807, 2.05) is 4.90 Å². The van der Waals surface area contributed by atoms with Gasteiger partial charge in [0.1, 0.15) is 0 Å². The van der Waals surface area contributed by atoms with Crippen molar-refractivity contribution in [1.29, 1.82) is 0 Å². The van der Waals surface area contributed by atoms with Crippen LogP contribution in [0.2, 0.25) is 10.0 Å². The van der Waals surface area contributed by atoms with Crippen molar-refractivity contribution >= 4 is 46.6 Å². The number of carbonyl (C=O) groups is 1. The first-order valence-corrected chi connectivity index (χ1v) is 11.4. The average Bonchev–Trinajstić information content (AvgIpc) is 3.20. The molecule has 2 N–H and O–H groups in total. The summed E-state index contributed by atoms with van der Waals surface area (Å²) in [4.78, 5) is 22.8. The van der Waals surface area contributed by atoms with Gasteiger partial charge in [-0.1, -0.05) is 29.6 Å². The van der Waals surface area contributed by atoms with Crippen LogP contribution >= 0.6 is 35.0 Å². The van der Waals surface area contributed by atoms with Crippen molar-refractivity contribution in [2.75, 3.05) is 55.8 Å². The van der Waals surface area contributed by atoms with Gasteiger partial charge in [0, 0.05) is 50.9 Å². The lowest BCUT2D eigenvalue weighted by molar-refractivity contribution is -0.131. The van der Waals surface area contributed by atoms with E-state index in [1.165, 1.54) is 0 Å². The van der Waals surface area contributed by atoms with E-state index < -0.39 is 0 Å². The Kier molecular flexibility index (Phi) is 7.90. The summed E-state index contributed by atoms with van der Waals surface area (Å²) in [5, 5.41) is 1.21. The fourth-order valence-corrected chi connectivity index (χ4v) is 5.11. The van der Waals surface area contributed by atoms with Gasteiger partial charge in [-0.25, -0.2) is 0 Å². The van der Waals surface area contributed by atoms with Crippen molar-refractivity contribution < 1.29 is 4.79 Å². The smallest absolute Gasteiger partial charge is 0.240 e. The molecule has 2 fully saturated rings. The number of thioether (sulfide) groups is 1. The summed E-state index contributed by atoms with van der Waals surface area (Å²) in [6.45, 7) is 5.62. The van der Waals surface area contributed by atoms with Crippen molar-refractivity contribution in [3.05, 3.63) is 22.4 Å². The quantitative estimate of drug-likeness (QED) is 0.669. The molecule has 0 bridgehead atoms. The maximum absolute atomic E-state index is 12.2. The van der Waals surface area contributed by atoms with Crippen LogP contribution in [0.3, 0.4) is 0 Å². The van der Waals surface area contributed by atoms with Crippen molar-refractivity contribution in [3.63, 3.8) is 0 Å². The third-order valence-electron chi connectivity index (χ3n) is 5.14. The fraction of sp³-hybridized carbons (Fsp3) is 0.667. The van der Waals surface area contributed by atoms with Crippen LogP contribution in [0.25, 0.3) is 0 Å². The highest BCUT2D eigenvalue weighted by molar-refractivity contribution is 7.99. The fourth-order valence-electron chi connectivity index (χ4n) is 3.55. The summed E-state index contributed by atoms with van der Waals surface area (Å²) in [5.74, 6) is 1.93. The van der Waals surface area contributed by atoms with E-state index in [0.717, 1.165) is 75.8 Å². The van der Waals surface area contributed by atoms with Crippen LogP contribution < -0.4 is 10.6 Å². The number of aromatic nitrogens is 1. The lowest BCUT2D eigenvalue weighted by Gasteiger charge is -2.36. The van der Waals surface area contributed by atoms with Crippen LogP contribution in [0.15, 0.2) is 12.4 Å². The zero-order valence-electron chi connectivity index (χ0n) is 15.4.